The summed E-state index contributed by atoms with van der Waals surface area (Å²) in [4.78, 5) is 23.2. The van der Waals surface area contributed by atoms with Crippen LogP contribution in [0.3, 0.4) is 0 Å². The third-order valence-electron chi connectivity index (χ3n) is 2.83. The van der Waals surface area contributed by atoms with Gasteiger partial charge < -0.3 is 9.47 Å². The molecule has 0 aliphatic carbocycles. The third kappa shape index (κ3) is 4.59. The van der Waals surface area contributed by atoms with Crippen molar-refractivity contribution in [3.05, 3.63) is 77.9 Å². The highest BCUT2D eigenvalue weighted by Gasteiger charge is 2.08. The van der Waals surface area contributed by atoms with Gasteiger partial charge in [0.2, 0.25) is 0 Å². The third-order valence-corrected chi connectivity index (χ3v) is 2.83. The number of ether oxygens (including phenoxy) is 2. The van der Waals surface area contributed by atoms with Crippen LogP contribution in [0.1, 0.15) is 22.8 Å². The molecule has 0 atom stereocenters. The van der Waals surface area contributed by atoms with E-state index in [1.807, 2.05) is 6.07 Å². The van der Waals surface area contributed by atoms with Crippen molar-refractivity contribution in [3.63, 3.8) is 0 Å². The number of hydrogen-bond donors (Lipinski definition) is 0. The molecule has 0 saturated heterocycles. The molecule has 0 fully saturated rings. The van der Waals surface area contributed by atoms with Gasteiger partial charge in [0.05, 0.1) is 5.56 Å². The van der Waals surface area contributed by atoms with E-state index in [1.54, 1.807) is 61.5 Å². The summed E-state index contributed by atoms with van der Waals surface area (Å²) in [7, 11) is 0. The molecule has 0 amide bonds. The lowest BCUT2D eigenvalue weighted by Crippen LogP contribution is -2.08. The van der Waals surface area contributed by atoms with Crippen LogP contribution in [-0.4, -0.2) is 11.9 Å². The second-order valence-electron chi connectivity index (χ2n) is 4.51. The summed E-state index contributed by atoms with van der Waals surface area (Å²) in [6, 6.07) is 15.6. The number of allylic oxidation sites excluding steroid dienone is 1. The maximum absolute atomic E-state index is 12.0. The molecule has 4 heteroatoms. The van der Waals surface area contributed by atoms with E-state index in [0.29, 0.717) is 11.3 Å². The Bertz CT molecular complexity index is 657. The van der Waals surface area contributed by atoms with Gasteiger partial charge in [-0.1, -0.05) is 36.4 Å². The van der Waals surface area contributed by atoms with Crippen LogP contribution in [0, 0.1) is 0 Å². The number of carbonyl (C=O) groups is 2. The van der Waals surface area contributed by atoms with Crippen LogP contribution >= 0.6 is 0 Å². The van der Waals surface area contributed by atoms with Crippen molar-refractivity contribution < 1.29 is 19.1 Å². The normalized spacial score (nSPS) is 10.4. The summed E-state index contributed by atoms with van der Waals surface area (Å²) in [6.07, 6.45) is 2.97. The molecule has 112 valence electrons. The van der Waals surface area contributed by atoms with Crippen LogP contribution in [0.4, 0.5) is 0 Å². The fourth-order valence-corrected chi connectivity index (χ4v) is 1.73. The van der Waals surface area contributed by atoms with Gasteiger partial charge in [0.1, 0.15) is 12.4 Å². The van der Waals surface area contributed by atoms with Crippen molar-refractivity contribution in [2.75, 3.05) is 0 Å². The minimum absolute atomic E-state index is 0.164. The second-order valence-corrected chi connectivity index (χ2v) is 4.51. The molecular weight excluding hydrogens is 280 g/mol. The zero-order valence-electron chi connectivity index (χ0n) is 12.2. The lowest BCUT2D eigenvalue weighted by Gasteiger charge is -2.05. The SMILES string of the molecule is CC=CC(=O)OCc1ccc(C(=O)Oc2ccccc2)cc1. The lowest BCUT2D eigenvalue weighted by molar-refractivity contribution is -0.139. The zero-order valence-corrected chi connectivity index (χ0v) is 12.2. The Morgan fingerprint density at radius 3 is 2.32 bits per heavy atom. The van der Waals surface area contributed by atoms with Crippen molar-refractivity contribution in [2.24, 2.45) is 0 Å². The van der Waals surface area contributed by atoms with E-state index < -0.39 is 11.9 Å². The predicted octanol–water partition coefficient (Wildman–Crippen LogP) is 3.53. The first-order valence-electron chi connectivity index (χ1n) is 6.84. The van der Waals surface area contributed by atoms with Gasteiger partial charge in [-0.2, -0.15) is 0 Å². The molecule has 0 bridgehead atoms. The average Bonchev–Trinajstić information content (AvgIpc) is 2.54. The van der Waals surface area contributed by atoms with Crippen LogP contribution < -0.4 is 4.74 Å². The van der Waals surface area contributed by atoms with Gasteiger partial charge in [-0.15, -0.1) is 0 Å². The Morgan fingerprint density at radius 2 is 1.68 bits per heavy atom. The number of esters is 2. The Morgan fingerprint density at radius 1 is 1.00 bits per heavy atom. The van der Waals surface area contributed by atoms with Crippen LogP contribution in [0.25, 0.3) is 0 Å². The van der Waals surface area contributed by atoms with E-state index in [4.69, 9.17) is 9.47 Å². The second kappa shape index (κ2) is 7.78. The topological polar surface area (TPSA) is 52.6 Å². The molecule has 0 heterocycles. The van der Waals surface area contributed by atoms with Crippen LogP contribution in [0.5, 0.6) is 5.75 Å². The van der Waals surface area contributed by atoms with Crippen molar-refractivity contribution in [3.8, 4) is 5.75 Å². The van der Waals surface area contributed by atoms with E-state index in [9.17, 15) is 9.59 Å². The first-order valence-corrected chi connectivity index (χ1v) is 6.84. The monoisotopic (exact) mass is 296 g/mol. The number of rotatable bonds is 5. The maximum atomic E-state index is 12.0. The largest absolute Gasteiger partial charge is 0.458 e. The summed E-state index contributed by atoms with van der Waals surface area (Å²) in [5.74, 6) is -0.324. The molecule has 0 aliphatic rings. The summed E-state index contributed by atoms with van der Waals surface area (Å²) in [6.45, 7) is 1.91. The van der Waals surface area contributed by atoms with Crippen molar-refractivity contribution in [2.45, 2.75) is 13.5 Å². The highest BCUT2D eigenvalue weighted by molar-refractivity contribution is 5.91. The van der Waals surface area contributed by atoms with Gasteiger partial charge in [0.25, 0.3) is 0 Å². The summed E-state index contributed by atoms with van der Waals surface area (Å²) in [5, 5.41) is 0. The minimum atomic E-state index is -0.427. The van der Waals surface area contributed by atoms with Gasteiger partial charge in [-0.05, 0) is 36.8 Å². The van der Waals surface area contributed by atoms with E-state index >= 15 is 0 Å². The molecule has 2 rings (SSSR count). The minimum Gasteiger partial charge on any atom is -0.458 e. The molecule has 0 aliphatic heterocycles. The smallest absolute Gasteiger partial charge is 0.343 e. The molecule has 0 saturated carbocycles. The van der Waals surface area contributed by atoms with Gasteiger partial charge in [-0.3, -0.25) is 0 Å². The first kappa shape index (κ1) is 15.5. The van der Waals surface area contributed by atoms with E-state index in [-0.39, 0.29) is 6.61 Å². The van der Waals surface area contributed by atoms with Crippen molar-refractivity contribution in [1.82, 2.24) is 0 Å². The lowest BCUT2D eigenvalue weighted by atomic mass is 10.1. The summed E-state index contributed by atoms with van der Waals surface area (Å²) < 4.78 is 10.3. The number of benzene rings is 2. The highest BCUT2D eigenvalue weighted by Crippen LogP contribution is 2.13. The molecule has 22 heavy (non-hydrogen) atoms. The van der Waals surface area contributed by atoms with E-state index in [2.05, 4.69) is 0 Å². The number of hydrogen-bond acceptors (Lipinski definition) is 4. The standard InChI is InChI=1S/C18H16O4/c1-2-6-17(19)21-13-14-9-11-15(12-10-14)18(20)22-16-7-4-3-5-8-16/h2-12H,13H2,1H3. The number of para-hydroxylation sites is 1. The first-order chi connectivity index (χ1) is 10.7. The quantitative estimate of drug-likeness (QED) is 0.481. The molecular formula is C18H16O4. The molecule has 2 aromatic rings. The van der Waals surface area contributed by atoms with Crippen LogP contribution in [0.2, 0.25) is 0 Å². The summed E-state index contributed by atoms with van der Waals surface area (Å²) >= 11 is 0. The van der Waals surface area contributed by atoms with Gasteiger partial charge in [0.15, 0.2) is 0 Å². The molecule has 0 spiro atoms. The zero-order chi connectivity index (χ0) is 15.8. The Hall–Kier alpha value is -2.88. The molecule has 2 aromatic carbocycles. The van der Waals surface area contributed by atoms with Gasteiger partial charge in [0, 0.05) is 6.08 Å². The highest BCUT2D eigenvalue weighted by atomic mass is 16.5. The number of carbonyl (C=O) groups excluding carboxylic acids is 2. The summed E-state index contributed by atoms with van der Waals surface area (Å²) in [5.41, 5.74) is 1.24. The van der Waals surface area contributed by atoms with Gasteiger partial charge >= 0.3 is 11.9 Å². The van der Waals surface area contributed by atoms with Crippen LogP contribution in [0.15, 0.2) is 66.7 Å². The molecule has 0 unspecified atom stereocenters. The maximum Gasteiger partial charge on any atom is 0.343 e. The molecule has 0 N–H and O–H groups in total. The Balaban J connectivity index is 1.93. The fraction of sp³-hybridized carbons (Fsp3) is 0.111. The average molecular weight is 296 g/mol. The molecule has 0 radical (unpaired) electrons. The molecule has 0 aromatic heterocycles. The molecule has 4 nitrogen and oxygen atoms in total. The predicted molar refractivity (Wildman–Crippen MR) is 82.5 cm³/mol. The van der Waals surface area contributed by atoms with Crippen molar-refractivity contribution in [1.29, 1.82) is 0 Å². The van der Waals surface area contributed by atoms with Crippen molar-refractivity contribution >= 4 is 11.9 Å². The Labute approximate surface area is 129 Å². The fourth-order valence-electron chi connectivity index (χ4n) is 1.73. The van der Waals surface area contributed by atoms with E-state index in [1.165, 1.54) is 6.08 Å². The van der Waals surface area contributed by atoms with E-state index in [0.717, 1.165) is 5.56 Å². The van der Waals surface area contributed by atoms with Crippen LogP contribution in [-0.2, 0) is 16.1 Å². The Kier molecular flexibility index (Phi) is 5.49. The van der Waals surface area contributed by atoms with Gasteiger partial charge in [-0.25, -0.2) is 9.59 Å².